The molecule has 8 aromatic carbocycles. The Bertz CT molecular complexity index is 5910. The highest BCUT2D eigenvalue weighted by atomic mass is 35.5. The SMILES string of the molecule is C#CCN1CCC(C(=O)NC)(S(=O)(=O)c2ccc(Oc3ccc(OC(F)(F)F)cc3)cc2)CC1.CNC(=O)C1(S(=O)(=O)c2ccc(Oc3ccc(OC(F)(F)F)cc3)cc2)CCN(CC=CSC)CC1.CS.CSC=CCN1CCC(C(=O)NO)(S(=O)(=O)c2ccc(Oc3ccc(OC(F)(F)F)cc3)cc2)CC1.CSCCCN1CCC(C(=O)NO)(S(=O)(=O)c2ccc(Oc3ccc(OC(F)(F)F)cc3)cc2)CC1.Cl.Cl.Cl. The molecule has 0 radical (unpaired) electrons. The van der Waals surface area contributed by atoms with E-state index in [4.69, 9.17) is 25.4 Å². The van der Waals surface area contributed by atoms with Crippen LogP contribution in [0.15, 0.2) is 237 Å². The van der Waals surface area contributed by atoms with Gasteiger partial charge in [-0.2, -0.15) is 24.4 Å². The number of nitrogens with one attached hydrogen (secondary N) is 4. The Balaban J connectivity index is 0.000000340. The molecule has 810 valence electrons. The van der Waals surface area contributed by atoms with E-state index < -0.39 is 125 Å². The van der Waals surface area contributed by atoms with Crippen LogP contribution in [0.25, 0.3) is 0 Å². The minimum atomic E-state index is -4.81. The third kappa shape index (κ3) is 35.1. The summed E-state index contributed by atoms with van der Waals surface area (Å²) in [7, 11) is -13.6. The molecule has 53 heteroatoms. The number of benzene rings is 8. The summed E-state index contributed by atoms with van der Waals surface area (Å²) in [5.74, 6) is 0.758. The summed E-state index contributed by atoms with van der Waals surface area (Å²) in [5, 5.41) is 27.5. The molecule has 147 heavy (non-hydrogen) atoms. The van der Waals surface area contributed by atoms with E-state index in [0.29, 0.717) is 72.0 Å². The summed E-state index contributed by atoms with van der Waals surface area (Å²) < 4.78 is 287. The minimum absolute atomic E-state index is 0. The Kier molecular flexibility index (Phi) is 49.7. The molecule has 4 heterocycles. The van der Waals surface area contributed by atoms with Crippen molar-refractivity contribution in [2.75, 3.05) is 123 Å². The second-order valence-corrected chi connectivity index (χ2v) is 43.4. The lowest BCUT2D eigenvalue weighted by atomic mass is 9.94. The first kappa shape index (κ1) is 128. The van der Waals surface area contributed by atoms with Gasteiger partial charge in [0.15, 0.2) is 58.3 Å². The number of likely N-dealkylation sites (tertiary alicyclic amines) is 4. The van der Waals surface area contributed by atoms with Gasteiger partial charge >= 0.3 is 25.4 Å². The molecule has 4 amide bonds. The maximum atomic E-state index is 13.7. The summed E-state index contributed by atoms with van der Waals surface area (Å²) in [6, 6.07) is 40.8. The van der Waals surface area contributed by atoms with E-state index in [2.05, 4.69) is 57.9 Å². The Hall–Kier alpha value is -9.93. The fourth-order valence-electron chi connectivity index (χ4n) is 15.7. The van der Waals surface area contributed by atoms with Crippen molar-refractivity contribution >= 4 is 148 Å². The third-order valence-corrected chi connectivity index (χ3v) is 34.7. The van der Waals surface area contributed by atoms with Crippen molar-refractivity contribution in [3.63, 3.8) is 0 Å². The van der Waals surface area contributed by atoms with Crippen molar-refractivity contribution in [3.05, 3.63) is 217 Å². The average Bonchev–Trinajstić information content (AvgIpc) is 0.759. The number of sulfone groups is 4. The predicted molar refractivity (Wildman–Crippen MR) is 543 cm³/mol. The number of thiol groups is 1. The molecule has 0 unspecified atom stereocenters. The topological polar surface area (TPSA) is 380 Å². The molecule has 4 aliphatic rings. The molecular weight excluding hydrogens is 2180 g/mol. The summed E-state index contributed by atoms with van der Waals surface area (Å²) in [4.78, 5) is 58.7. The number of piperidine rings is 4. The number of amides is 4. The van der Waals surface area contributed by atoms with Gasteiger partial charge in [-0.15, -0.1) is 120 Å². The number of hydrogen-bond acceptors (Lipinski definition) is 30. The van der Waals surface area contributed by atoms with Gasteiger partial charge in [-0.05, 0) is 300 Å². The summed E-state index contributed by atoms with van der Waals surface area (Å²) in [6.07, 6.45) is -0.796. The maximum absolute atomic E-state index is 13.7. The van der Waals surface area contributed by atoms with Gasteiger partial charge in [0.05, 0.1) is 26.1 Å². The van der Waals surface area contributed by atoms with Gasteiger partial charge in [-0.1, -0.05) is 18.1 Å². The number of halogens is 15. The fourth-order valence-corrected chi connectivity index (χ4v) is 24.6. The van der Waals surface area contributed by atoms with Gasteiger partial charge in [0.25, 0.3) is 11.8 Å². The van der Waals surface area contributed by atoms with E-state index in [1.54, 1.807) is 41.5 Å². The number of thioether (sulfide) groups is 3. The van der Waals surface area contributed by atoms with Crippen LogP contribution in [0.3, 0.4) is 0 Å². The smallest absolute Gasteiger partial charge is 0.457 e. The van der Waals surface area contributed by atoms with E-state index in [9.17, 15) is 116 Å². The van der Waals surface area contributed by atoms with E-state index in [0.717, 1.165) is 67.2 Å². The normalized spacial score (nSPS) is 15.9. The van der Waals surface area contributed by atoms with E-state index >= 15 is 0 Å². The summed E-state index contributed by atoms with van der Waals surface area (Å²) in [6.45, 7) is 5.62. The number of nitrogens with zero attached hydrogens (tertiary/aromatic N) is 4. The predicted octanol–water partition coefficient (Wildman–Crippen LogP) is 18.4. The molecule has 4 saturated heterocycles. The quantitative estimate of drug-likeness (QED) is 0.00484. The van der Waals surface area contributed by atoms with Gasteiger partial charge in [0, 0.05) is 79.5 Å². The number of ether oxygens (including phenoxy) is 8. The highest BCUT2D eigenvalue weighted by Gasteiger charge is 2.57. The van der Waals surface area contributed by atoms with Crippen molar-refractivity contribution in [1.82, 2.24) is 41.2 Å². The Morgan fingerprint density at radius 2 is 0.558 bits per heavy atom. The van der Waals surface area contributed by atoms with Gasteiger partial charge in [-0.3, -0.25) is 44.3 Å². The molecule has 4 fully saturated rings. The zero-order chi connectivity index (χ0) is 106. The Morgan fingerprint density at radius 1 is 0.361 bits per heavy atom. The number of hydroxylamine groups is 2. The van der Waals surface area contributed by atoms with Crippen LogP contribution >= 0.6 is 85.1 Å². The molecule has 0 bridgehead atoms. The molecule has 30 nitrogen and oxygen atoms in total. The second-order valence-electron chi connectivity index (χ2n) is 31.9. The van der Waals surface area contributed by atoms with Gasteiger partial charge in [0.2, 0.25) is 11.8 Å². The molecule has 6 N–H and O–H groups in total. The van der Waals surface area contributed by atoms with Crippen LogP contribution in [0.5, 0.6) is 69.0 Å². The van der Waals surface area contributed by atoms with Crippen LogP contribution in [0, 0.1) is 12.3 Å². The third-order valence-electron chi connectivity index (χ3n) is 23.1. The lowest BCUT2D eigenvalue weighted by molar-refractivity contribution is -0.275. The zero-order valence-corrected chi connectivity index (χ0v) is 88.4. The van der Waals surface area contributed by atoms with Crippen molar-refractivity contribution in [2.24, 2.45) is 0 Å². The molecule has 4 aliphatic heterocycles. The fraction of sp³-hybridized carbons (Fsp3) is 0.383. The zero-order valence-electron chi connectivity index (χ0n) is 79.3. The first-order valence-electron chi connectivity index (χ1n) is 43.5. The molecule has 0 atom stereocenters. The van der Waals surface area contributed by atoms with Crippen molar-refractivity contribution in [2.45, 2.75) is 122 Å². The second kappa shape index (κ2) is 57.3. The molecule has 12 rings (SSSR count). The Labute approximate surface area is 880 Å². The van der Waals surface area contributed by atoms with Crippen LogP contribution in [0.2, 0.25) is 0 Å². The lowest BCUT2D eigenvalue weighted by Gasteiger charge is -2.39. The van der Waals surface area contributed by atoms with Crippen LogP contribution in [-0.4, -0.2) is 255 Å². The minimum Gasteiger partial charge on any atom is -0.457 e. The van der Waals surface area contributed by atoms with Crippen LogP contribution < -0.4 is 59.5 Å². The lowest BCUT2D eigenvalue weighted by Crippen LogP contribution is -2.57. The van der Waals surface area contributed by atoms with Crippen LogP contribution in [-0.2, 0) is 58.5 Å². The van der Waals surface area contributed by atoms with Crippen LogP contribution in [0.4, 0.5) is 52.7 Å². The van der Waals surface area contributed by atoms with E-state index in [1.807, 2.05) is 51.5 Å². The number of carbonyl (C=O) groups is 4. The highest BCUT2D eigenvalue weighted by molar-refractivity contribution is 8.01. The van der Waals surface area contributed by atoms with E-state index in [-0.39, 0.29) is 160 Å². The highest BCUT2D eigenvalue weighted by Crippen LogP contribution is 2.44. The van der Waals surface area contributed by atoms with Gasteiger partial charge < -0.3 is 53.4 Å². The standard InChI is InChI=1S/C24H27F3N2O5S2.C23H27F3N2O6S2.C23H25F3N2O6S2.C23H23F3N2O5S.CH4S.3ClH/c1-28-22(30)23(12-15-29(16-13-23)14-3-17-35-2)36(31,32)21-10-8-19(9-11-21)33-18-4-6-20(7-5-18)34-24(25,26)27;2*1-35-16-2-13-28-14-11-22(12-15-28,21(29)27-30)36(31,32)20-9-7-18(8-10-20)33-17-3-5-19(6-4-17)34-23(24,25)26;1-3-14-28-15-12-22(13-16-28,21(29)27-2)34(30,31)20-10-8-18(9-11-20)32-17-4-6-19(7-5-17)33-23(24,25)26;1-2;;;/h3-11,17H,12-16H2,1-2H3,(H,28,30);3-10,30H,2,11-16H2,1H3,(H,27,29);2-10,16,30H,11-15H2,1H3,(H,27,29);1,4-11H,12-16H2,2H3,(H,27,29);2H,1H3;3*1H. The van der Waals surface area contributed by atoms with Crippen molar-refractivity contribution in [3.8, 4) is 81.3 Å². The number of alkyl halides is 12. The largest absolute Gasteiger partial charge is 0.573 e. The molecular formula is C94H109Cl3F12N8O22S8. The number of terminal acetylenes is 1. The molecule has 0 saturated carbocycles. The first-order valence-corrected chi connectivity index (χ1v) is 54.3. The molecule has 0 spiro atoms. The maximum Gasteiger partial charge on any atom is 0.573 e. The monoisotopic (exact) mass is 2290 g/mol. The Morgan fingerprint density at radius 3 is 0.748 bits per heavy atom. The first-order chi connectivity index (χ1) is 68.0. The van der Waals surface area contributed by atoms with Gasteiger partial charge in [-0.25, -0.2) is 44.6 Å². The average molecular weight is 2290 g/mol. The van der Waals surface area contributed by atoms with Crippen molar-refractivity contribution in [1.29, 1.82) is 0 Å². The van der Waals surface area contributed by atoms with Gasteiger partial charge in [0.1, 0.15) is 69.0 Å². The molecule has 8 aromatic rings. The molecule has 0 aromatic heterocycles. The summed E-state index contributed by atoms with van der Waals surface area (Å²) in [5.41, 5.74) is 3.06. The molecule has 0 aliphatic carbocycles. The van der Waals surface area contributed by atoms with Crippen LogP contribution in [0.1, 0.15) is 57.8 Å². The van der Waals surface area contributed by atoms with Crippen molar-refractivity contribution < 1.29 is 154 Å². The number of hydrogen-bond donors (Lipinski definition) is 7. The number of carbonyl (C=O) groups excluding carboxylic acids is 4. The number of rotatable bonds is 35. The van der Waals surface area contributed by atoms with E-state index in [1.165, 1.54) is 171 Å². The summed E-state index contributed by atoms with van der Waals surface area (Å²) >= 11 is 8.38.